The van der Waals surface area contributed by atoms with Crippen LogP contribution >= 0.6 is 0 Å². The number of rotatable bonds is 19. The number of unbranched alkanes of at least 4 members (excludes halogenated alkanes) is 5. The minimum Gasteiger partial charge on any atom is -0.744 e. The molecular formula is C51H60K2N4O13S4. The van der Waals surface area contributed by atoms with Gasteiger partial charge >= 0.3 is 103 Å². The normalized spacial score (nSPS) is 17.7. The molecule has 0 unspecified atom stereocenters. The van der Waals surface area contributed by atoms with Crippen LogP contribution in [0.1, 0.15) is 109 Å². The van der Waals surface area contributed by atoms with Crippen LogP contribution in [0.5, 0.6) is 0 Å². The van der Waals surface area contributed by atoms with Gasteiger partial charge in [0.25, 0.3) is 0 Å². The van der Waals surface area contributed by atoms with Crippen molar-refractivity contribution in [3.05, 3.63) is 107 Å². The summed E-state index contributed by atoms with van der Waals surface area (Å²) < 4.78 is 150. The number of nitrogens with one attached hydrogen (secondary N) is 1. The topological polar surface area (TPSA) is 292 Å². The predicted molar refractivity (Wildman–Crippen MR) is 269 cm³/mol. The third-order valence-electron chi connectivity index (χ3n) is 14.0. The number of hydrogen-bond donors (Lipinski definition) is 2. The molecule has 0 bridgehead atoms. The maximum absolute atomic E-state index is 12.6. The van der Waals surface area contributed by atoms with E-state index in [0.717, 1.165) is 86.2 Å². The molecule has 1 amide bonds. The molecule has 0 saturated carbocycles. The van der Waals surface area contributed by atoms with Crippen LogP contribution in [0.15, 0.2) is 115 Å². The van der Waals surface area contributed by atoms with E-state index >= 15 is 0 Å². The minimum absolute atomic E-state index is 0. The van der Waals surface area contributed by atoms with Crippen LogP contribution in [0.25, 0.3) is 21.5 Å². The Balaban J connectivity index is 0.00000507. The van der Waals surface area contributed by atoms with E-state index in [-0.39, 0.29) is 130 Å². The first-order chi connectivity index (χ1) is 33.6. The van der Waals surface area contributed by atoms with Crippen LogP contribution in [0.3, 0.4) is 0 Å². The van der Waals surface area contributed by atoms with E-state index in [0.29, 0.717) is 73.4 Å². The Hall–Kier alpha value is -1.83. The summed E-state index contributed by atoms with van der Waals surface area (Å²) in [5.41, 5.74) is 7.99. The van der Waals surface area contributed by atoms with Gasteiger partial charge in [-0.3, -0.25) is 4.79 Å². The molecule has 1 aliphatic carbocycles. The summed E-state index contributed by atoms with van der Waals surface area (Å²) in [6.07, 6.45) is 18.7. The third-order valence-corrected chi connectivity index (χ3v) is 17.4. The van der Waals surface area contributed by atoms with Gasteiger partial charge in [-0.15, -0.1) is 0 Å². The molecule has 17 nitrogen and oxygen atoms in total. The Morgan fingerprint density at radius 1 is 0.676 bits per heavy atom. The van der Waals surface area contributed by atoms with Gasteiger partial charge in [0.2, 0.25) is 11.6 Å². The van der Waals surface area contributed by atoms with Gasteiger partial charge in [-0.25, -0.2) is 33.7 Å². The second kappa shape index (κ2) is 24.7. The van der Waals surface area contributed by atoms with Crippen molar-refractivity contribution in [2.24, 2.45) is 0 Å². The van der Waals surface area contributed by atoms with Gasteiger partial charge in [-0.2, -0.15) is 4.58 Å². The van der Waals surface area contributed by atoms with Crippen molar-refractivity contribution >= 4 is 85.0 Å². The molecule has 4 aromatic rings. The van der Waals surface area contributed by atoms with Crippen LogP contribution in [0.4, 0.5) is 11.4 Å². The summed E-state index contributed by atoms with van der Waals surface area (Å²) >= 11 is 0. The summed E-state index contributed by atoms with van der Waals surface area (Å²) in [5.74, 6) is -0.0116. The van der Waals surface area contributed by atoms with Crippen molar-refractivity contribution in [3.8, 4) is 0 Å². The number of carbonyl (C=O) groups excluding carboxylic acids is 1. The average molecular weight is 1140 g/mol. The van der Waals surface area contributed by atoms with Crippen molar-refractivity contribution in [1.82, 2.24) is 5.32 Å². The molecule has 2 aliphatic heterocycles. The fraction of sp³-hybridized carbons (Fsp3) is 0.412. The molecule has 0 fully saturated rings. The van der Waals surface area contributed by atoms with Crippen molar-refractivity contribution in [2.45, 2.75) is 129 Å². The predicted octanol–water partition coefficient (Wildman–Crippen LogP) is 0.377. The van der Waals surface area contributed by atoms with Crippen LogP contribution in [0.2, 0.25) is 0 Å². The molecule has 2 heterocycles. The molecule has 0 radical (unpaired) electrons. The first kappa shape index (κ1) is 63.0. The van der Waals surface area contributed by atoms with E-state index in [1.165, 1.54) is 12.1 Å². The number of quaternary nitrogens is 1. The van der Waals surface area contributed by atoms with Crippen LogP contribution in [0, 0.1) is 0 Å². The summed E-state index contributed by atoms with van der Waals surface area (Å²) in [4.78, 5) is 11.4. The first-order valence-corrected chi connectivity index (χ1v) is 29.5. The zero-order valence-electron chi connectivity index (χ0n) is 42.9. The van der Waals surface area contributed by atoms with Gasteiger partial charge in [-0.05, 0) is 141 Å². The number of nitrogens with zero attached hydrogens (tertiary/aromatic N) is 2. The Bertz CT molecular complexity index is 3510. The maximum Gasteiger partial charge on any atom is 1.00 e. The number of anilines is 1. The molecular weight excluding hydrogens is 1080 g/mol. The van der Waals surface area contributed by atoms with Crippen LogP contribution in [-0.4, -0.2) is 94.8 Å². The SMILES string of the molecule is C[N+]1=C(/C=C/C2=CC(=C/C=C3/N(CCCCCC(=O)NCCCCCC[NH3+])c4ccc5c(S(=O)(=O)[O-])cc(S(=O)(=O)[O-])cc5c4C3(C)C)/CCC2)C(C)(C)c2c1ccc1c(S(=O)(=O)[O-])cc(S(=O)(=O)[O-])cc21.[K+].[K+]. The van der Waals surface area contributed by atoms with Crippen molar-refractivity contribution < 1.29 is 170 Å². The average Bonchev–Trinajstić information content (AvgIpc) is 3.63. The molecule has 0 aromatic heterocycles. The summed E-state index contributed by atoms with van der Waals surface area (Å²) in [5, 5.41) is 3.30. The second-order valence-corrected chi connectivity index (χ2v) is 25.2. The molecule has 0 saturated heterocycles. The van der Waals surface area contributed by atoms with Crippen LogP contribution < -0.4 is 119 Å². The summed E-state index contributed by atoms with van der Waals surface area (Å²) in [6.45, 7) is 9.58. The van der Waals surface area contributed by atoms with E-state index in [4.69, 9.17) is 0 Å². The molecule has 3 aliphatic rings. The fourth-order valence-corrected chi connectivity index (χ4v) is 13.2. The molecule has 7 rings (SSSR count). The standard InChI is InChI=1S/C51H62N4O13S4.2K/c1-50(2)45(54(5)41-21-19-37-39(48(41)50)29-35(69(57,58)59)31-43(37)71(63,64)65)23-17-33-14-13-15-34(28-33)18-24-46-51(3,4)49-40-30-36(70(60,61)62)32-44(72(66,67)68)38(40)20-22-42(49)55(46)27-12-8-9-16-47(56)53-26-11-7-6-10-25-52;;/h17-24,28-32H,6-16,25-27,52H2,1-5H3,(H4-,53,56,57,58,59,60,61,62,63,64,65,66,67,68);;/q;2*+1/p-2. The maximum atomic E-state index is 12.6. The van der Waals surface area contributed by atoms with E-state index in [2.05, 4.69) is 22.0 Å². The number of carbonyl (C=O) groups is 1. The van der Waals surface area contributed by atoms with E-state index in [1.807, 2.05) is 63.6 Å². The number of benzene rings is 4. The molecule has 0 spiro atoms. The van der Waals surface area contributed by atoms with Crippen molar-refractivity contribution in [2.75, 3.05) is 31.6 Å². The molecule has 4 N–H and O–H groups in total. The molecule has 74 heavy (non-hydrogen) atoms. The molecule has 388 valence electrons. The molecule has 4 aromatic carbocycles. The Morgan fingerprint density at radius 3 is 1.82 bits per heavy atom. The largest absolute Gasteiger partial charge is 1.00 e. The zero-order chi connectivity index (χ0) is 52.8. The summed E-state index contributed by atoms with van der Waals surface area (Å²) in [6, 6.07) is 9.75. The van der Waals surface area contributed by atoms with Gasteiger partial charge in [-0.1, -0.05) is 51.0 Å². The van der Waals surface area contributed by atoms with Gasteiger partial charge in [0, 0.05) is 59.4 Å². The van der Waals surface area contributed by atoms with E-state index in [9.17, 15) is 56.7 Å². The van der Waals surface area contributed by atoms with Gasteiger partial charge in [0.05, 0.1) is 31.5 Å². The quantitative estimate of drug-likeness (QED) is 0.0556. The number of allylic oxidation sites excluding steroid dienone is 8. The van der Waals surface area contributed by atoms with Crippen molar-refractivity contribution in [1.29, 1.82) is 0 Å². The van der Waals surface area contributed by atoms with Gasteiger partial charge < -0.3 is 34.2 Å². The van der Waals surface area contributed by atoms with Gasteiger partial charge in [0.15, 0.2) is 5.71 Å². The Labute approximate surface area is 520 Å². The Kier molecular flexibility index (Phi) is 21.0. The van der Waals surface area contributed by atoms with Crippen molar-refractivity contribution in [3.63, 3.8) is 0 Å². The Morgan fingerprint density at radius 2 is 1.24 bits per heavy atom. The fourth-order valence-electron chi connectivity index (χ4n) is 10.6. The molecule has 0 atom stereocenters. The number of hydrogen-bond acceptors (Lipinski definition) is 14. The van der Waals surface area contributed by atoms with E-state index in [1.54, 1.807) is 12.1 Å². The van der Waals surface area contributed by atoms with E-state index < -0.39 is 70.9 Å². The first-order valence-electron chi connectivity index (χ1n) is 23.9. The monoisotopic (exact) mass is 1140 g/mol. The minimum atomic E-state index is -5.22. The summed E-state index contributed by atoms with van der Waals surface area (Å²) in [7, 11) is -18.9. The molecule has 23 heteroatoms. The van der Waals surface area contributed by atoms with Gasteiger partial charge in [0.1, 0.15) is 47.5 Å². The smallest absolute Gasteiger partial charge is 0.744 e. The number of fused-ring (bicyclic) bond motifs is 6. The van der Waals surface area contributed by atoms with Crippen LogP contribution in [-0.2, 0) is 56.1 Å². The second-order valence-electron chi connectivity index (χ2n) is 19.7. The number of amides is 1. The zero-order valence-corrected chi connectivity index (χ0v) is 52.5. The third kappa shape index (κ3) is 13.8.